The molecule has 0 bridgehead atoms. The Morgan fingerprint density at radius 1 is 1.15 bits per heavy atom. The number of piperidine rings is 1. The fourth-order valence-electron chi connectivity index (χ4n) is 4.00. The Balaban J connectivity index is 1.73. The topological polar surface area (TPSA) is 84.3 Å². The Morgan fingerprint density at radius 2 is 1.85 bits per heavy atom. The van der Waals surface area contributed by atoms with Gasteiger partial charge in [0.15, 0.2) is 5.69 Å². The van der Waals surface area contributed by atoms with Crippen LogP contribution in [0.2, 0.25) is 0 Å². The van der Waals surface area contributed by atoms with Crippen molar-refractivity contribution in [2.45, 2.75) is 52.1 Å². The Bertz CT molecular complexity index is 1090. The second kappa shape index (κ2) is 10.8. The van der Waals surface area contributed by atoms with Gasteiger partial charge in [-0.05, 0) is 44.4 Å². The van der Waals surface area contributed by atoms with Gasteiger partial charge in [0.1, 0.15) is 0 Å². The maximum absolute atomic E-state index is 13.1. The quantitative estimate of drug-likeness (QED) is 0.615. The van der Waals surface area contributed by atoms with Gasteiger partial charge in [0.05, 0.1) is 11.3 Å². The van der Waals surface area contributed by atoms with Crippen LogP contribution in [0, 0.1) is 12.8 Å². The van der Waals surface area contributed by atoms with E-state index in [0.717, 1.165) is 31.4 Å². The largest absolute Gasteiger partial charge is 0.416 e. The molecule has 1 aromatic carbocycles. The molecule has 0 aliphatic carbocycles. The van der Waals surface area contributed by atoms with Crippen molar-refractivity contribution in [3.05, 3.63) is 57.5 Å². The number of rotatable bonds is 7. The van der Waals surface area contributed by atoms with Crippen LogP contribution in [-0.2, 0) is 11.0 Å². The van der Waals surface area contributed by atoms with Crippen LogP contribution in [0.15, 0.2) is 35.1 Å². The molecule has 0 saturated carbocycles. The van der Waals surface area contributed by atoms with Crippen molar-refractivity contribution < 1.29 is 22.8 Å². The Kier molecular flexibility index (Phi) is 8.11. The molecular weight excluding hydrogens is 449 g/mol. The van der Waals surface area contributed by atoms with Crippen LogP contribution in [0.3, 0.4) is 0 Å². The first kappa shape index (κ1) is 25.5. The van der Waals surface area contributed by atoms with Crippen LogP contribution in [-0.4, -0.2) is 46.1 Å². The molecule has 10 heteroatoms. The minimum absolute atomic E-state index is 0.0245. The average Bonchev–Trinajstić information content (AvgIpc) is 2.81. The molecule has 1 fully saturated rings. The number of hydrogen-bond donors (Lipinski definition) is 1. The first-order chi connectivity index (χ1) is 16.1. The summed E-state index contributed by atoms with van der Waals surface area (Å²) in [6.07, 6.45) is -0.545. The number of likely N-dealkylation sites (tertiary alicyclic amines) is 1. The summed E-state index contributed by atoms with van der Waals surface area (Å²) >= 11 is 0. The number of carbonyl (C=O) groups is 2. The summed E-state index contributed by atoms with van der Waals surface area (Å²) < 4.78 is 40.5. The summed E-state index contributed by atoms with van der Waals surface area (Å²) in [6.45, 7) is 4.85. The highest BCUT2D eigenvalue weighted by Gasteiger charge is 2.32. The predicted octanol–water partition coefficient (Wildman–Crippen LogP) is 3.72. The summed E-state index contributed by atoms with van der Waals surface area (Å²) in [5.41, 5.74) is -1.40. The molecule has 0 spiro atoms. The van der Waals surface area contributed by atoms with E-state index in [1.807, 2.05) is 0 Å². The lowest BCUT2D eigenvalue weighted by molar-refractivity contribution is -0.137. The number of unbranched alkanes of at least 4 members (excludes halogenated alkanes) is 2. The van der Waals surface area contributed by atoms with Gasteiger partial charge in [-0.25, -0.2) is 4.68 Å². The smallest absolute Gasteiger partial charge is 0.356 e. The zero-order chi connectivity index (χ0) is 24.9. The number of benzene rings is 1. The summed E-state index contributed by atoms with van der Waals surface area (Å²) in [6, 6.07) is 5.73. The van der Waals surface area contributed by atoms with Crippen molar-refractivity contribution in [2.24, 2.45) is 5.92 Å². The van der Waals surface area contributed by atoms with Crippen LogP contribution in [0.1, 0.15) is 60.8 Å². The zero-order valence-corrected chi connectivity index (χ0v) is 19.3. The van der Waals surface area contributed by atoms with Crippen molar-refractivity contribution in [1.29, 1.82) is 0 Å². The van der Waals surface area contributed by atoms with E-state index in [9.17, 15) is 27.6 Å². The molecule has 0 unspecified atom stereocenters. The van der Waals surface area contributed by atoms with E-state index in [1.54, 1.807) is 0 Å². The third-order valence-corrected chi connectivity index (χ3v) is 5.96. The lowest BCUT2D eigenvalue weighted by Gasteiger charge is -2.31. The molecule has 2 heterocycles. The number of carbonyl (C=O) groups excluding carboxylic acids is 2. The molecule has 0 radical (unpaired) electrons. The zero-order valence-electron chi connectivity index (χ0n) is 19.3. The van der Waals surface area contributed by atoms with Gasteiger partial charge in [-0.2, -0.15) is 18.3 Å². The molecule has 7 nitrogen and oxygen atoms in total. The highest BCUT2D eigenvalue weighted by Crippen LogP contribution is 2.30. The van der Waals surface area contributed by atoms with Crippen molar-refractivity contribution in [3.8, 4) is 5.69 Å². The molecule has 2 aromatic rings. The van der Waals surface area contributed by atoms with Crippen LogP contribution in [0.5, 0.6) is 0 Å². The van der Waals surface area contributed by atoms with Crippen molar-refractivity contribution in [2.75, 3.05) is 19.6 Å². The molecule has 1 aliphatic rings. The van der Waals surface area contributed by atoms with Gasteiger partial charge in [0.2, 0.25) is 11.3 Å². The third kappa shape index (κ3) is 6.03. The Hall–Kier alpha value is -3.17. The van der Waals surface area contributed by atoms with E-state index < -0.39 is 23.1 Å². The molecule has 2 amide bonds. The highest BCUT2D eigenvalue weighted by atomic mass is 19.4. The highest BCUT2D eigenvalue weighted by molar-refractivity contribution is 5.92. The summed E-state index contributed by atoms with van der Waals surface area (Å²) in [7, 11) is 0. The minimum atomic E-state index is -4.53. The molecule has 1 aromatic heterocycles. The molecule has 34 heavy (non-hydrogen) atoms. The van der Waals surface area contributed by atoms with Crippen molar-refractivity contribution in [1.82, 2.24) is 20.0 Å². The molecule has 1 saturated heterocycles. The minimum Gasteiger partial charge on any atom is -0.356 e. The number of halogens is 3. The first-order valence-electron chi connectivity index (χ1n) is 11.5. The number of hydrogen-bond acceptors (Lipinski definition) is 4. The van der Waals surface area contributed by atoms with E-state index in [1.165, 1.54) is 34.7 Å². The lowest BCUT2D eigenvalue weighted by Crippen LogP contribution is -2.44. The number of nitrogens with zero attached hydrogens (tertiary/aromatic N) is 3. The molecule has 0 atom stereocenters. The van der Waals surface area contributed by atoms with Gasteiger partial charge in [-0.15, -0.1) is 0 Å². The summed E-state index contributed by atoms with van der Waals surface area (Å²) in [5.74, 6) is -0.811. The van der Waals surface area contributed by atoms with E-state index in [2.05, 4.69) is 17.3 Å². The standard InChI is InChI=1S/C24H29F3N4O3/c1-3-4-5-11-28-22(33)17-9-12-30(13-10-17)23(34)21-20(32)14-16(2)31(29-21)19-8-6-7-18(15-19)24(25,26)27/h6-8,14-15,17H,3-5,9-13H2,1-2H3,(H,28,33). The number of amides is 2. The van der Waals surface area contributed by atoms with E-state index in [0.29, 0.717) is 38.2 Å². The molecule has 1 N–H and O–H groups in total. The van der Waals surface area contributed by atoms with Gasteiger partial charge < -0.3 is 10.2 Å². The Labute approximate surface area is 196 Å². The monoisotopic (exact) mass is 478 g/mol. The van der Waals surface area contributed by atoms with Crippen LogP contribution in [0.4, 0.5) is 13.2 Å². The van der Waals surface area contributed by atoms with Crippen LogP contribution >= 0.6 is 0 Å². The fourth-order valence-corrected chi connectivity index (χ4v) is 4.00. The maximum atomic E-state index is 13.1. The normalized spacial score (nSPS) is 14.8. The van der Waals surface area contributed by atoms with E-state index in [4.69, 9.17) is 0 Å². The van der Waals surface area contributed by atoms with Crippen molar-refractivity contribution in [3.63, 3.8) is 0 Å². The van der Waals surface area contributed by atoms with Gasteiger partial charge >= 0.3 is 6.18 Å². The van der Waals surface area contributed by atoms with Crippen LogP contribution in [0.25, 0.3) is 5.69 Å². The van der Waals surface area contributed by atoms with Crippen LogP contribution < -0.4 is 10.7 Å². The Morgan fingerprint density at radius 3 is 2.50 bits per heavy atom. The first-order valence-corrected chi connectivity index (χ1v) is 11.5. The summed E-state index contributed by atoms with van der Waals surface area (Å²) in [5, 5.41) is 7.05. The van der Waals surface area contributed by atoms with Gasteiger partial charge in [0.25, 0.3) is 5.91 Å². The summed E-state index contributed by atoms with van der Waals surface area (Å²) in [4.78, 5) is 39.3. The van der Waals surface area contributed by atoms with Gasteiger partial charge in [-0.1, -0.05) is 25.8 Å². The van der Waals surface area contributed by atoms with E-state index in [-0.39, 0.29) is 23.2 Å². The van der Waals surface area contributed by atoms with Crippen molar-refractivity contribution >= 4 is 11.8 Å². The lowest BCUT2D eigenvalue weighted by atomic mass is 9.95. The SMILES string of the molecule is CCCCCNC(=O)C1CCN(C(=O)c2nn(-c3cccc(C(F)(F)F)c3)c(C)cc2=O)CC1. The molecule has 184 valence electrons. The van der Waals surface area contributed by atoms with Gasteiger partial charge in [-0.3, -0.25) is 14.4 Å². The molecule has 3 rings (SSSR count). The average molecular weight is 479 g/mol. The second-order valence-electron chi connectivity index (χ2n) is 8.52. The molecular formula is C24H29F3N4O3. The number of aromatic nitrogens is 2. The second-order valence-corrected chi connectivity index (χ2v) is 8.52. The number of nitrogens with one attached hydrogen (secondary N) is 1. The number of aryl methyl sites for hydroxylation is 1. The number of alkyl halides is 3. The fraction of sp³-hybridized carbons (Fsp3) is 0.500. The predicted molar refractivity (Wildman–Crippen MR) is 121 cm³/mol. The maximum Gasteiger partial charge on any atom is 0.416 e. The third-order valence-electron chi connectivity index (χ3n) is 5.96. The molecule has 1 aliphatic heterocycles. The van der Waals surface area contributed by atoms with E-state index >= 15 is 0 Å². The van der Waals surface area contributed by atoms with Gasteiger partial charge in [0, 0.05) is 37.3 Å².